The molecule has 1 N–H and O–H groups in total. The number of rotatable bonds is 9. The summed E-state index contributed by atoms with van der Waals surface area (Å²) in [4.78, 5) is 34.6. The van der Waals surface area contributed by atoms with Crippen molar-refractivity contribution in [2.45, 2.75) is 18.5 Å². The van der Waals surface area contributed by atoms with Gasteiger partial charge in [-0.2, -0.15) is 0 Å². The van der Waals surface area contributed by atoms with Crippen molar-refractivity contribution in [1.29, 1.82) is 0 Å². The van der Waals surface area contributed by atoms with Crippen LogP contribution in [0.2, 0.25) is 0 Å². The molecule has 0 bridgehead atoms. The number of carbonyl (C=O) groups excluding carboxylic acids is 2. The van der Waals surface area contributed by atoms with Crippen molar-refractivity contribution in [1.82, 2.24) is 14.8 Å². The maximum absolute atomic E-state index is 12.4. The molecule has 10 heteroatoms. The highest BCUT2D eigenvalue weighted by atomic mass is 32.2. The van der Waals surface area contributed by atoms with Gasteiger partial charge in [-0.15, -0.1) is 10.2 Å². The highest BCUT2D eigenvalue weighted by Gasteiger charge is 2.18. The van der Waals surface area contributed by atoms with E-state index in [2.05, 4.69) is 15.5 Å². The molecule has 1 aromatic heterocycles. The zero-order chi connectivity index (χ0) is 24.8. The number of nitro groups is 1. The minimum atomic E-state index is -0.450. The van der Waals surface area contributed by atoms with Gasteiger partial charge in [0, 0.05) is 46.8 Å². The van der Waals surface area contributed by atoms with Gasteiger partial charge >= 0.3 is 0 Å². The first-order valence-electron chi connectivity index (χ1n) is 10.7. The van der Waals surface area contributed by atoms with Gasteiger partial charge in [0.05, 0.1) is 4.92 Å². The first-order chi connectivity index (χ1) is 16.9. The standard InChI is InChI=1S/C25H21N5O4S/c1-17(31)18-10-12-20(13-11-18)26-23(32)14-15-35-25-28-27-24(29(25)21-7-3-2-4-8-21)19-6-5-9-22(16-19)30(33)34/h2-13,16H,14-15H2,1H3,(H,26,32). The predicted octanol–water partition coefficient (Wildman–Crippen LogP) is 5.17. The highest BCUT2D eigenvalue weighted by molar-refractivity contribution is 7.99. The van der Waals surface area contributed by atoms with Crippen LogP contribution in [0.4, 0.5) is 11.4 Å². The van der Waals surface area contributed by atoms with Crippen LogP contribution in [0.5, 0.6) is 0 Å². The fourth-order valence-electron chi connectivity index (χ4n) is 3.37. The van der Waals surface area contributed by atoms with Gasteiger partial charge in [-0.25, -0.2) is 0 Å². The fourth-order valence-corrected chi connectivity index (χ4v) is 4.26. The first-order valence-corrected chi connectivity index (χ1v) is 11.7. The molecule has 0 aliphatic rings. The Hall–Kier alpha value is -4.31. The smallest absolute Gasteiger partial charge is 0.270 e. The van der Waals surface area contributed by atoms with Crippen LogP contribution in [0.1, 0.15) is 23.7 Å². The van der Waals surface area contributed by atoms with Crippen LogP contribution in [0.15, 0.2) is 84.0 Å². The summed E-state index contributed by atoms with van der Waals surface area (Å²) in [5, 5.41) is 23.2. The van der Waals surface area contributed by atoms with Crippen molar-refractivity contribution in [2.24, 2.45) is 0 Å². The van der Waals surface area contributed by atoms with E-state index in [1.165, 1.54) is 30.8 Å². The summed E-state index contributed by atoms with van der Waals surface area (Å²) in [6, 6.07) is 22.4. The van der Waals surface area contributed by atoms with Crippen LogP contribution >= 0.6 is 11.8 Å². The second-order valence-electron chi connectivity index (χ2n) is 7.56. The van der Waals surface area contributed by atoms with E-state index in [1.54, 1.807) is 36.4 Å². The van der Waals surface area contributed by atoms with E-state index in [-0.39, 0.29) is 23.8 Å². The summed E-state index contributed by atoms with van der Waals surface area (Å²) >= 11 is 1.36. The number of aromatic nitrogens is 3. The normalized spacial score (nSPS) is 10.7. The largest absolute Gasteiger partial charge is 0.326 e. The second kappa shape index (κ2) is 10.7. The number of carbonyl (C=O) groups is 2. The number of amides is 1. The molecule has 0 radical (unpaired) electrons. The summed E-state index contributed by atoms with van der Waals surface area (Å²) in [7, 11) is 0. The molecule has 0 atom stereocenters. The Kier molecular flexibility index (Phi) is 7.32. The molecule has 176 valence electrons. The number of thioether (sulfide) groups is 1. The number of non-ortho nitro benzene ring substituents is 1. The van der Waals surface area contributed by atoms with E-state index < -0.39 is 4.92 Å². The molecule has 0 aliphatic carbocycles. The number of Topliss-reactive ketones (excluding diaryl/α,β-unsaturated/α-hetero) is 1. The topological polar surface area (TPSA) is 120 Å². The van der Waals surface area contributed by atoms with Gasteiger partial charge in [0.1, 0.15) is 0 Å². The number of hydrogen-bond donors (Lipinski definition) is 1. The predicted molar refractivity (Wildman–Crippen MR) is 134 cm³/mol. The van der Waals surface area contributed by atoms with Crippen LogP contribution in [0.25, 0.3) is 17.1 Å². The lowest BCUT2D eigenvalue weighted by atomic mass is 10.1. The third kappa shape index (κ3) is 5.79. The molecular weight excluding hydrogens is 466 g/mol. The average Bonchev–Trinajstić information content (AvgIpc) is 3.29. The quantitative estimate of drug-likeness (QED) is 0.150. The van der Waals surface area contributed by atoms with E-state index in [1.807, 2.05) is 34.9 Å². The monoisotopic (exact) mass is 487 g/mol. The van der Waals surface area contributed by atoms with Crippen molar-refractivity contribution < 1.29 is 14.5 Å². The Labute approximate surface area is 205 Å². The van der Waals surface area contributed by atoms with Crippen LogP contribution < -0.4 is 5.32 Å². The summed E-state index contributed by atoms with van der Waals surface area (Å²) in [6.07, 6.45) is 0.229. The molecule has 0 saturated heterocycles. The van der Waals surface area contributed by atoms with Crippen LogP contribution in [-0.2, 0) is 4.79 Å². The van der Waals surface area contributed by atoms with Crippen LogP contribution in [-0.4, -0.2) is 37.1 Å². The van der Waals surface area contributed by atoms with Gasteiger partial charge in [0.2, 0.25) is 5.91 Å². The van der Waals surface area contributed by atoms with Crippen LogP contribution in [0.3, 0.4) is 0 Å². The van der Waals surface area contributed by atoms with Gasteiger partial charge in [0.15, 0.2) is 16.8 Å². The third-order valence-electron chi connectivity index (χ3n) is 5.10. The maximum atomic E-state index is 12.4. The Morgan fingerprint density at radius 2 is 1.74 bits per heavy atom. The van der Waals surface area contributed by atoms with Gasteiger partial charge in [-0.1, -0.05) is 42.1 Å². The van der Waals surface area contributed by atoms with Gasteiger partial charge < -0.3 is 5.32 Å². The third-order valence-corrected chi connectivity index (χ3v) is 6.03. The number of nitro benzene ring substituents is 1. The summed E-state index contributed by atoms with van der Waals surface area (Å²) in [5.41, 5.74) is 2.53. The Morgan fingerprint density at radius 3 is 2.43 bits per heavy atom. The Balaban J connectivity index is 1.50. The molecule has 1 heterocycles. The molecule has 0 spiro atoms. The Bertz CT molecular complexity index is 1370. The first kappa shape index (κ1) is 23.8. The average molecular weight is 488 g/mol. The van der Waals surface area contributed by atoms with Crippen LogP contribution in [0, 0.1) is 10.1 Å². The van der Waals surface area contributed by atoms with Crippen molar-refractivity contribution in [3.63, 3.8) is 0 Å². The number of benzene rings is 3. The number of nitrogens with one attached hydrogen (secondary N) is 1. The lowest BCUT2D eigenvalue weighted by Crippen LogP contribution is -2.12. The zero-order valence-corrected chi connectivity index (χ0v) is 19.6. The molecule has 35 heavy (non-hydrogen) atoms. The summed E-state index contributed by atoms with van der Waals surface area (Å²) in [5.74, 6) is 0.707. The summed E-state index contributed by atoms with van der Waals surface area (Å²) in [6.45, 7) is 1.49. The van der Waals surface area contributed by atoms with Crippen molar-refractivity contribution in [3.8, 4) is 17.1 Å². The van der Waals surface area contributed by atoms with E-state index in [0.29, 0.717) is 33.5 Å². The molecule has 0 aliphatic heterocycles. The van der Waals surface area contributed by atoms with E-state index in [9.17, 15) is 19.7 Å². The maximum Gasteiger partial charge on any atom is 0.270 e. The van der Waals surface area contributed by atoms with Crippen molar-refractivity contribution in [2.75, 3.05) is 11.1 Å². The number of para-hydroxylation sites is 1. The van der Waals surface area contributed by atoms with E-state index in [4.69, 9.17) is 0 Å². The minimum absolute atomic E-state index is 0.0349. The van der Waals surface area contributed by atoms with Gasteiger partial charge in [-0.3, -0.25) is 24.3 Å². The lowest BCUT2D eigenvalue weighted by molar-refractivity contribution is -0.384. The van der Waals surface area contributed by atoms with Crippen molar-refractivity contribution >= 4 is 34.8 Å². The number of nitrogens with zero attached hydrogens (tertiary/aromatic N) is 4. The molecule has 4 aromatic rings. The highest BCUT2D eigenvalue weighted by Crippen LogP contribution is 2.30. The lowest BCUT2D eigenvalue weighted by Gasteiger charge is -2.10. The number of ketones is 1. The minimum Gasteiger partial charge on any atom is -0.326 e. The van der Waals surface area contributed by atoms with E-state index >= 15 is 0 Å². The number of anilines is 1. The summed E-state index contributed by atoms with van der Waals surface area (Å²) < 4.78 is 1.82. The molecule has 0 fully saturated rings. The van der Waals surface area contributed by atoms with Gasteiger partial charge in [0.25, 0.3) is 5.69 Å². The molecule has 9 nitrogen and oxygen atoms in total. The fraction of sp³-hybridized carbons (Fsp3) is 0.120. The SMILES string of the molecule is CC(=O)c1ccc(NC(=O)CCSc2nnc(-c3cccc([N+](=O)[O-])c3)n2-c2ccccc2)cc1. The second-order valence-corrected chi connectivity index (χ2v) is 8.63. The van der Waals surface area contributed by atoms with E-state index in [0.717, 1.165) is 5.69 Å². The molecule has 4 rings (SSSR count). The molecule has 0 saturated carbocycles. The Morgan fingerprint density at radius 1 is 1.00 bits per heavy atom. The molecule has 0 unspecified atom stereocenters. The number of hydrogen-bond acceptors (Lipinski definition) is 7. The molecule has 1 amide bonds. The van der Waals surface area contributed by atoms with Gasteiger partial charge in [-0.05, 0) is 43.3 Å². The molecular formula is C25H21N5O4S. The molecule has 3 aromatic carbocycles. The zero-order valence-electron chi connectivity index (χ0n) is 18.7. The van der Waals surface area contributed by atoms with Crippen molar-refractivity contribution in [3.05, 3.63) is 94.5 Å².